The maximum atomic E-state index is 12.7. The number of likely N-dealkylation sites (N-methyl/N-ethyl adjacent to an activating group) is 2. The van der Waals surface area contributed by atoms with Gasteiger partial charge in [0.05, 0.1) is 24.6 Å². The molecule has 2 rings (SSSR count). The average Bonchev–Trinajstić information content (AvgIpc) is 2.66. The molecule has 0 N–H and O–H groups in total. The third-order valence-electron chi connectivity index (χ3n) is 4.44. The van der Waals surface area contributed by atoms with E-state index in [0.29, 0.717) is 10.8 Å². The highest BCUT2D eigenvalue weighted by Crippen LogP contribution is 2.28. The van der Waals surface area contributed by atoms with Crippen molar-refractivity contribution in [2.75, 3.05) is 27.7 Å². The molecule has 0 spiro atoms. The van der Waals surface area contributed by atoms with Crippen LogP contribution in [0.5, 0.6) is 5.75 Å². The third kappa shape index (κ3) is 4.80. The first-order chi connectivity index (χ1) is 12.7. The molecular weight excluding hydrogens is 388 g/mol. The number of ether oxygens (including phenoxy) is 1. The molecular formula is C19H23ClN2O4S. The van der Waals surface area contributed by atoms with Crippen molar-refractivity contribution in [3.05, 3.63) is 59.1 Å². The minimum Gasteiger partial charge on any atom is -0.496 e. The number of hydrogen-bond acceptors (Lipinski definition) is 4. The van der Waals surface area contributed by atoms with Crippen LogP contribution in [0.15, 0.2) is 53.4 Å². The quantitative estimate of drug-likeness (QED) is 0.703. The molecule has 1 amide bonds. The number of carbonyl (C=O) groups is 1. The van der Waals surface area contributed by atoms with E-state index in [2.05, 4.69) is 0 Å². The predicted molar refractivity (Wildman–Crippen MR) is 105 cm³/mol. The van der Waals surface area contributed by atoms with Gasteiger partial charge in [-0.15, -0.1) is 0 Å². The summed E-state index contributed by atoms with van der Waals surface area (Å²) in [7, 11) is 0.804. The van der Waals surface area contributed by atoms with Gasteiger partial charge in [-0.05, 0) is 37.3 Å². The summed E-state index contributed by atoms with van der Waals surface area (Å²) in [6.07, 6.45) is 0. The first-order valence-electron chi connectivity index (χ1n) is 8.29. The summed E-state index contributed by atoms with van der Waals surface area (Å²) < 4.78 is 31.6. The molecule has 0 saturated heterocycles. The van der Waals surface area contributed by atoms with Gasteiger partial charge in [0, 0.05) is 24.7 Å². The highest BCUT2D eigenvalue weighted by atomic mass is 35.5. The minimum absolute atomic E-state index is 0.0858. The number of halogens is 1. The molecule has 0 bridgehead atoms. The van der Waals surface area contributed by atoms with Crippen LogP contribution in [-0.2, 0) is 14.8 Å². The Labute approximate surface area is 165 Å². The molecule has 0 fully saturated rings. The van der Waals surface area contributed by atoms with Gasteiger partial charge >= 0.3 is 0 Å². The summed E-state index contributed by atoms with van der Waals surface area (Å²) in [5.41, 5.74) is 0.846. The van der Waals surface area contributed by atoms with E-state index in [9.17, 15) is 13.2 Å². The predicted octanol–water partition coefficient (Wildman–Crippen LogP) is 3.19. The molecule has 0 heterocycles. The fourth-order valence-corrected chi connectivity index (χ4v) is 3.86. The van der Waals surface area contributed by atoms with E-state index in [0.717, 1.165) is 9.87 Å². The number of benzene rings is 2. The lowest BCUT2D eigenvalue weighted by atomic mass is 10.1. The van der Waals surface area contributed by atoms with Crippen LogP contribution in [0.1, 0.15) is 18.5 Å². The molecule has 1 atom stereocenters. The van der Waals surface area contributed by atoms with Gasteiger partial charge in [-0.1, -0.05) is 29.8 Å². The Morgan fingerprint density at radius 1 is 1.11 bits per heavy atom. The second-order valence-corrected chi connectivity index (χ2v) is 8.62. The first kappa shape index (κ1) is 21.2. The molecule has 27 heavy (non-hydrogen) atoms. The van der Waals surface area contributed by atoms with Gasteiger partial charge in [0.2, 0.25) is 15.9 Å². The fraction of sp³-hybridized carbons (Fsp3) is 0.316. The van der Waals surface area contributed by atoms with Crippen molar-refractivity contribution in [2.45, 2.75) is 17.9 Å². The molecule has 0 aliphatic rings. The van der Waals surface area contributed by atoms with E-state index in [1.807, 2.05) is 31.2 Å². The number of methoxy groups -OCH3 is 1. The van der Waals surface area contributed by atoms with Crippen LogP contribution in [0.3, 0.4) is 0 Å². The van der Waals surface area contributed by atoms with Crippen molar-refractivity contribution in [3.63, 3.8) is 0 Å². The fourth-order valence-electron chi connectivity index (χ4n) is 2.61. The van der Waals surface area contributed by atoms with Gasteiger partial charge in [0.25, 0.3) is 0 Å². The summed E-state index contributed by atoms with van der Waals surface area (Å²) in [6.45, 7) is 1.59. The monoisotopic (exact) mass is 410 g/mol. The Morgan fingerprint density at radius 3 is 2.30 bits per heavy atom. The molecule has 146 valence electrons. The second-order valence-electron chi connectivity index (χ2n) is 6.14. The number of hydrogen-bond donors (Lipinski definition) is 0. The van der Waals surface area contributed by atoms with Crippen LogP contribution in [0, 0.1) is 0 Å². The van der Waals surface area contributed by atoms with E-state index < -0.39 is 10.0 Å². The van der Waals surface area contributed by atoms with Crippen LogP contribution < -0.4 is 4.74 Å². The minimum atomic E-state index is -3.78. The highest BCUT2D eigenvalue weighted by molar-refractivity contribution is 7.89. The van der Waals surface area contributed by atoms with Gasteiger partial charge in [0.15, 0.2) is 0 Å². The van der Waals surface area contributed by atoms with Crippen molar-refractivity contribution in [2.24, 2.45) is 0 Å². The van der Waals surface area contributed by atoms with E-state index in [1.54, 1.807) is 14.2 Å². The van der Waals surface area contributed by atoms with Crippen LogP contribution >= 0.6 is 11.6 Å². The SMILES string of the molecule is COc1ccccc1C(C)N(C)C(=O)CN(C)S(=O)(=O)c1ccc(Cl)cc1. The van der Waals surface area contributed by atoms with Crippen molar-refractivity contribution in [1.82, 2.24) is 9.21 Å². The largest absolute Gasteiger partial charge is 0.496 e. The Hall–Kier alpha value is -2.09. The molecule has 0 aromatic heterocycles. The molecule has 2 aromatic carbocycles. The average molecular weight is 411 g/mol. The lowest BCUT2D eigenvalue weighted by Crippen LogP contribution is -2.40. The molecule has 6 nitrogen and oxygen atoms in total. The smallest absolute Gasteiger partial charge is 0.243 e. The van der Waals surface area contributed by atoms with E-state index in [4.69, 9.17) is 16.3 Å². The molecule has 0 radical (unpaired) electrons. The van der Waals surface area contributed by atoms with Crippen LogP contribution in [0.2, 0.25) is 5.02 Å². The Kier molecular flexibility index (Phi) is 6.86. The lowest BCUT2D eigenvalue weighted by molar-refractivity contribution is -0.131. The van der Waals surface area contributed by atoms with E-state index in [1.165, 1.54) is 36.2 Å². The van der Waals surface area contributed by atoms with Gasteiger partial charge in [-0.2, -0.15) is 4.31 Å². The Bertz CT molecular complexity index is 900. The molecule has 2 aromatic rings. The third-order valence-corrected chi connectivity index (χ3v) is 6.51. The summed E-state index contributed by atoms with van der Waals surface area (Å²) in [5, 5.41) is 0.443. The second kappa shape index (κ2) is 8.73. The van der Waals surface area contributed by atoms with Crippen molar-refractivity contribution < 1.29 is 17.9 Å². The van der Waals surface area contributed by atoms with Crippen molar-refractivity contribution in [1.29, 1.82) is 0 Å². The molecule has 0 aliphatic heterocycles. The van der Waals surface area contributed by atoms with Gasteiger partial charge in [-0.3, -0.25) is 4.79 Å². The zero-order valence-corrected chi connectivity index (χ0v) is 17.3. The maximum Gasteiger partial charge on any atom is 0.243 e. The summed E-state index contributed by atoms with van der Waals surface area (Å²) in [5.74, 6) is 0.347. The normalized spacial score (nSPS) is 12.7. The summed E-state index contributed by atoms with van der Waals surface area (Å²) >= 11 is 5.81. The number of rotatable bonds is 7. The summed E-state index contributed by atoms with van der Waals surface area (Å²) in [6, 6.07) is 13.0. The van der Waals surface area contributed by atoms with Crippen LogP contribution in [-0.4, -0.2) is 51.3 Å². The topological polar surface area (TPSA) is 66.9 Å². The number of amides is 1. The van der Waals surface area contributed by atoms with Gasteiger partial charge in [0.1, 0.15) is 5.75 Å². The standard InChI is InChI=1S/C19H23ClN2O4S/c1-14(17-7-5-6-8-18(17)26-4)22(3)19(23)13-21(2)27(24,25)16-11-9-15(20)10-12-16/h5-12,14H,13H2,1-4H3. The number of nitrogens with zero attached hydrogens (tertiary/aromatic N) is 2. The van der Waals surface area contributed by atoms with Crippen molar-refractivity contribution in [3.8, 4) is 5.75 Å². The molecule has 1 unspecified atom stereocenters. The van der Waals surface area contributed by atoms with Crippen LogP contribution in [0.25, 0.3) is 0 Å². The number of para-hydroxylation sites is 1. The summed E-state index contributed by atoms with van der Waals surface area (Å²) in [4.78, 5) is 14.2. The Morgan fingerprint density at radius 2 is 1.70 bits per heavy atom. The first-order valence-corrected chi connectivity index (χ1v) is 10.1. The molecule has 8 heteroatoms. The zero-order chi connectivity index (χ0) is 20.2. The highest BCUT2D eigenvalue weighted by Gasteiger charge is 2.26. The molecule has 0 aliphatic carbocycles. The maximum absolute atomic E-state index is 12.7. The van der Waals surface area contributed by atoms with Crippen LogP contribution in [0.4, 0.5) is 0 Å². The number of sulfonamides is 1. The van der Waals surface area contributed by atoms with E-state index in [-0.39, 0.29) is 23.4 Å². The lowest BCUT2D eigenvalue weighted by Gasteiger charge is -2.28. The molecule has 0 saturated carbocycles. The van der Waals surface area contributed by atoms with Gasteiger partial charge < -0.3 is 9.64 Å². The van der Waals surface area contributed by atoms with Gasteiger partial charge in [-0.25, -0.2) is 8.42 Å². The van der Waals surface area contributed by atoms with Crippen molar-refractivity contribution >= 4 is 27.5 Å². The zero-order valence-electron chi connectivity index (χ0n) is 15.7. The number of carbonyl (C=O) groups excluding carboxylic acids is 1. The Balaban J connectivity index is 2.14. The van der Waals surface area contributed by atoms with E-state index >= 15 is 0 Å².